The molecule has 44 heteroatoms. The van der Waals surface area contributed by atoms with Gasteiger partial charge in [-0.15, -0.1) is 0 Å². The number of benzene rings is 2. The highest BCUT2D eigenvalue weighted by Gasteiger charge is 2.37. The summed E-state index contributed by atoms with van der Waals surface area (Å²) in [5, 5.41) is 77.3. The van der Waals surface area contributed by atoms with Crippen LogP contribution in [0.2, 0.25) is 0 Å². The highest BCUT2D eigenvalue weighted by Crippen LogP contribution is 2.24. The maximum absolute atomic E-state index is 13.6. The summed E-state index contributed by atoms with van der Waals surface area (Å²) >= 11 is 0. The molecule has 13 N–H and O–H groups in total. The van der Waals surface area contributed by atoms with Crippen molar-refractivity contribution in [1.29, 1.82) is 0 Å². The summed E-state index contributed by atoms with van der Waals surface area (Å²) in [5.74, 6) is -7.21. The minimum absolute atomic E-state index is 0.00298. The van der Waals surface area contributed by atoms with Crippen LogP contribution in [0.1, 0.15) is 112 Å². The number of pyridine rings is 1. The third-order valence-electron chi connectivity index (χ3n) is 20.8. The summed E-state index contributed by atoms with van der Waals surface area (Å²) in [4.78, 5) is 163. The van der Waals surface area contributed by atoms with Crippen molar-refractivity contribution in [2.45, 2.75) is 122 Å². The van der Waals surface area contributed by atoms with Crippen LogP contribution < -0.4 is 42.0 Å². The van der Waals surface area contributed by atoms with E-state index in [9.17, 15) is 88.0 Å². The van der Waals surface area contributed by atoms with E-state index in [4.69, 9.17) is 56.8 Å². The van der Waals surface area contributed by atoms with Crippen LogP contribution in [-0.2, 0) is 118 Å². The van der Waals surface area contributed by atoms with Crippen LogP contribution in [0.3, 0.4) is 0 Å². The number of carbonyl (C=O) groups is 12. The first kappa shape index (κ1) is 113. The van der Waals surface area contributed by atoms with E-state index in [2.05, 4.69) is 80.3 Å². The fraction of sp³-hybridized carbons (Fsp3) is 0.693. The van der Waals surface area contributed by atoms with Crippen molar-refractivity contribution in [2.24, 2.45) is 5.92 Å². The van der Waals surface area contributed by atoms with Crippen LogP contribution in [0, 0.1) is 5.92 Å². The Morgan fingerprint density at radius 1 is 0.432 bits per heavy atom. The molecule has 0 spiro atoms. The number of carboxylic acid groups (broad SMARTS) is 4. The molecule has 2 aliphatic heterocycles. The van der Waals surface area contributed by atoms with Gasteiger partial charge in [0.2, 0.25) is 35.4 Å². The Kier molecular flexibility index (Phi) is 60.3. The number of nitrogens with one attached hydrogen (secondary N) is 7. The molecule has 132 heavy (non-hydrogen) atoms. The highest BCUT2D eigenvalue weighted by atomic mass is 16.6. The molecule has 0 bridgehead atoms. The van der Waals surface area contributed by atoms with Gasteiger partial charge < -0.3 is 129 Å². The fourth-order valence-corrected chi connectivity index (χ4v) is 13.9. The number of carboxylic acids is 4. The number of hydrogen-bond donors (Lipinski definition) is 13. The fourth-order valence-electron chi connectivity index (χ4n) is 13.9. The van der Waals surface area contributed by atoms with E-state index < -0.39 is 84.5 Å². The number of aromatic nitrogens is 1. The molecule has 5 rings (SSSR count). The number of hydrogen-bond acceptors (Lipinski definition) is 31. The average Bonchev–Trinajstić information content (AvgIpc) is 0.849. The third kappa shape index (κ3) is 54.1. The van der Waals surface area contributed by atoms with Gasteiger partial charge in [-0.1, -0.05) is 38.1 Å². The molecule has 2 aromatic carbocycles. The average molecular weight is 1870 g/mol. The van der Waals surface area contributed by atoms with E-state index in [1.807, 2.05) is 4.90 Å². The summed E-state index contributed by atoms with van der Waals surface area (Å²) in [5.41, 5.74) is 3.18. The number of carbonyl (C=O) groups excluding carboxylic acids is 8. The van der Waals surface area contributed by atoms with Crippen LogP contribution in [-0.4, -0.2) is 426 Å². The second-order valence-electron chi connectivity index (χ2n) is 31.9. The van der Waals surface area contributed by atoms with Gasteiger partial charge in [0.25, 0.3) is 11.8 Å². The Bertz CT molecular complexity index is 3800. The number of ether oxygens (including phenoxy) is 12. The molecular weight excluding hydrogens is 1730 g/mol. The van der Waals surface area contributed by atoms with Crippen molar-refractivity contribution < 1.29 is 145 Å². The zero-order valence-electron chi connectivity index (χ0n) is 76.6. The molecule has 3 heterocycles. The molecule has 2 aliphatic rings. The second-order valence-corrected chi connectivity index (χ2v) is 31.9. The van der Waals surface area contributed by atoms with Crippen molar-refractivity contribution in [1.82, 2.24) is 66.7 Å². The smallest absolute Gasteiger partial charge is 0.475 e. The first-order valence-electron chi connectivity index (χ1n) is 45.6. The first-order chi connectivity index (χ1) is 63.8. The largest absolute Gasteiger partial charge is 0.484 e. The second kappa shape index (κ2) is 70.4. The quantitative estimate of drug-likeness (QED) is 0.0235. The van der Waals surface area contributed by atoms with Gasteiger partial charge in [-0.3, -0.25) is 77.3 Å². The van der Waals surface area contributed by atoms with Crippen molar-refractivity contribution in [3.8, 4) is 5.75 Å². The van der Waals surface area contributed by atoms with Gasteiger partial charge >= 0.3 is 31.0 Å². The van der Waals surface area contributed by atoms with E-state index in [1.54, 1.807) is 32.9 Å². The maximum Gasteiger partial charge on any atom is 0.475 e. The summed E-state index contributed by atoms with van der Waals surface area (Å²) in [6.07, 6.45) is 7.82. The maximum atomic E-state index is 13.6. The monoisotopic (exact) mass is 1870 g/mol. The predicted molar refractivity (Wildman–Crippen MR) is 481 cm³/mol. The van der Waals surface area contributed by atoms with Crippen LogP contribution in [0.4, 0.5) is 0 Å². The Morgan fingerprint density at radius 2 is 0.856 bits per heavy atom. The van der Waals surface area contributed by atoms with Crippen molar-refractivity contribution in [3.05, 3.63) is 71.4 Å². The van der Waals surface area contributed by atoms with Crippen LogP contribution in [0.5, 0.6) is 5.75 Å². The molecule has 0 aliphatic carbocycles. The minimum atomic E-state index is -1.67. The predicted octanol–water partition coefficient (Wildman–Crippen LogP) is -1.13. The third-order valence-corrected chi connectivity index (χ3v) is 20.8. The molecule has 8 amide bonds. The van der Waals surface area contributed by atoms with Crippen molar-refractivity contribution in [3.63, 3.8) is 0 Å². The molecule has 2 unspecified atom stereocenters. The Balaban J connectivity index is 0.879. The van der Waals surface area contributed by atoms with E-state index in [1.165, 1.54) is 28.3 Å². The summed E-state index contributed by atoms with van der Waals surface area (Å²) in [7, 11) is -1.67. The zero-order valence-corrected chi connectivity index (χ0v) is 76.6. The molecule has 0 radical (unpaired) electrons. The number of unbranched alkanes of at least 4 members (excludes halogenated alkanes) is 2. The van der Waals surface area contributed by atoms with E-state index in [0.29, 0.717) is 147 Å². The van der Waals surface area contributed by atoms with Crippen LogP contribution in [0.25, 0.3) is 10.9 Å². The standard InChI is InChI=1S/C88H142BN13O30/c1-67(2)59-69-16-14-68(15-17-69)9-7-13-77(103)91-23-6-4-11-74(88(117)118)97-79(105)22-38-122-42-46-126-49-51-128-53-55-130-57-58-131-56-54-129-52-50-127-48-44-124-40-27-94-87(116)73(10-3-5-24-92-80(106)62-98-29-31-99(63-83(109)110)33-35-101(65-85(113)114)36-34-100(32-30-98)64-84(111)112)96-78(104)21-37-121-41-45-125-47-43-123-39-26-93-81(107)66-132-70-18-19-71-72(20-25-90-75(71)60-70)86(115)95-61-82(108)102-28-8-12-76(102)89(119)120/h14-20,25,60,67,73-74,76,119-120H,3-13,21-24,26-59,61-66H2,1-2H3,(H,91,103)(H,92,106)(H,93,107)(H,94,116)(H,95,115)(H,96,104)(H,97,105)(H,109,110)(H,111,112)(H,113,114)(H,117,118)/t73?,74?,76-/m0/s1. The van der Waals surface area contributed by atoms with Gasteiger partial charge in [-0.05, 0) is 106 Å². The summed E-state index contributed by atoms with van der Waals surface area (Å²) in [6, 6.07) is 12.8. The van der Waals surface area contributed by atoms with Crippen molar-refractivity contribution in [2.75, 3.05) is 270 Å². The van der Waals surface area contributed by atoms with E-state index >= 15 is 0 Å². The zero-order chi connectivity index (χ0) is 95.6. The lowest BCUT2D eigenvalue weighted by atomic mass is 9.78. The van der Waals surface area contributed by atoms with Gasteiger partial charge in [0.15, 0.2) is 6.61 Å². The van der Waals surface area contributed by atoms with Crippen LogP contribution in [0.15, 0.2) is 54.7 Å². The minimum Gasteiger partial charge on any atom is -0.484 e. The number of aryl methyl sites for hydroxylation is 1. The lowest BCUT2D eigenvalue weighted by molar-refractivity contribution is -0.142. The van der Waals surface area contributed by atoms with E-state index in [0.717, 1.165) is 19.3 Å². The van der Waals surface area contributed by atoms with Gasteiger partial charge in [-0.2, -0.15) is 0 Å². The molecule has 2 saturated heterocycles. The molecule has 0 saturated carbocycles. The molecule has 3 atom stereocenters. The van der Waals surface area contributed by atoms with Crippen LogP contribution >= 0.6 is 0 Å². The number of amides is 8. The Labute approximate surface area is 772 Å². The number of rotatable bonds is 74. The molecule has 3 aromatic rings. The van der Waals surface area contributed by atoms with E-state index in [-0.39, 0.29) is 234 Å². The lowest BCUT2D eigenvalue weighted by Crippen LogP contribution is -2.49. The molecule has 43 nitrogen and oxygen atoms in total. The molecular formula is C88H142BN13O30. The summed E-state index contributed by atoms with van der Waals surface area (Å²) < 4.78 is 67.0. The lowest BCUT2D eigenvalue weighted by Gasteiger charge is -2.32. The molecule has 2 fully saturated rings. The van der Waals surface area contributed by atoms with Gasteiger partial charge in [-0.25, -0.2) is 4.79 Å². The van der Waals surface area contributed by atoms with Gasteiger partial charge in [0.05, 0.1) is 195 Å². The molecule has 1 aromatic heterocycles. The first-order valence-corrected chi connectivity index (χ1v) is 45.6. The Morgan fingerprint density at radius 3 is 1.32 bits per heavy atom. The number of likely N-dealkylation sites (tertiary alicyclic amines) is 1. The Hall–Kier alpha value is -9.33. The number of fused-ring (bicyclic) bond motifs is 1. The molecule has 742 valence electrons. The topological polar surface area (TPSA) is 550 Å². The number of nitrogens with zero attached hydrogens (tertiary/aromatic N) is 6. The number of aliphatic carboxylic acids is 4. The van der Waals surface area contributed by atoms with Gasteiger partial charge in [0, 0.05) is 122 Å². The van der Waals surface area contributed by atoms with Crippen molar-refractivity contribution >= 4 is 89.2 Å². The van der Waals surface area contributed by atoms with Gasteiger partial charge in [0.1, 0.15) is 17.8 Å². The summed E-state index contributed by atoms with van der Waals surface area (Å²) in [6.45, 7) is 11.6. The SMILES string of the molecule is CC(C)Cc1ccc(CCCC(=O)NCCCCC(NC(=O)CCOCCOCCOCCOCCOCCOCCOCCOCCNC(=O)C(CCCCNC(=O)CN2CCN(CC(=O)O)CCN(CC(=O)O)CCN(CC(=O)O)CC2)NC(=O)CCOCCOCCOCCNC(=O)COc2ccc3c(C(=O)NCC(=O)N4CCC[C@H]4B(O)O)ccnc3c2)C(=O)O)cc1. The highest BCUT2D eigenvalue weighted by molar-refractivity contribution is 6.43. The normalized spacial score (nSPS) is 14.8.